The van der Waals surface area contributed by atoms with E-state index in [4.69, 9.17) is 4.74 Å². The molecule has 3 rings (SSSR count). The van der Waals surface area contributed by atoms with Gasteiger partial charge < -0.3 is 15.2 Å². The third kappa shape index (κ3) is 4.55. The van der Waals surface area contributed by atoms with Gasteiger partial charge in [0.1, 0.15) is 11.5 Å². The van der Waals surface area contributed by atoms with Crippen LogP contribution >= 0.6 is 0 Å². The van der Waals surface area contributed by atoms with Crippen molar-refractivity contribution < 1.29 is 14.6 Å². The Bertz CT molecular complexity index is 768. The van der Waals surface area contributed by atoms with Crippen molar-refractivity contribution in [1.82, 2.24) is 10.2 Å². The van der Waals surface area contributed by atoms with Crippen molar-refractivity contribution in [3.63, 3.8) is 0 Å². The molecule has 1 heterocycles. The number of aryl methyl sites for hydroxylation is 1. The number of nitrogens with zero attached hydrogens (tertiary/aromatic N) is 1. The highest BCUT2D eigenvalue weighted by Crippen LogP contribution is 2.24. The number of rotatable bonds is 5. The van der Waals surface area contributed by atoms with Crippen LogP contribution in [0, 0.1) is 6.92 Å². The van der Waals surface area contributed by atoms with E-state index in [-0.39, 0.29) is 23.3 Å². The molecule has 5 heteroatoms. The minimum Gasteiger partial charge on any atom is -0.507 e. The molecule has 0 saturated carbocycles. The Morgan fingerprint density at radius 1 is 1.23 bits per heavy atom. The average Bonchev–Trinajstić information content (AvgIpc) is 2.63. The van der Waals surface area contributed by atoms with Gasteiger partial charge in [0.05, 0.1) is 12.7 Å². The topological polar surface area (TPSA) is 61.8 Å². The largest absolute Gasteiger partial charge is 0.507 e. The first-order chi connectivity index (χ1) is 12.5. The lowest BCUT2D eigenvalue weighted by Crippen LogP contribution is -2.44. The number of carbonyl (C=O) groups is 1. The Kier molecular flexibility index (Phi) is 5.78. The van der Waals surface area contributed by atoms with Crippen LogP contribution in [0.1, 0.15) is 34.3 Å². The zero-order valence-electron chi connectivity index (χ0n) is 15.4. The molecule has 1 aliphatic rings. The number of hydrogen-bond donors (Lipinski definition) is 2. The van der Waals surface area contributed by atoms with Crippen molar-refractivity contribution >= 4 is 5.91 Å². The Morgan fingerprint density at radius 2 is 2.00 bits per heavy atom. The summed E-state index contributed by atoms with van der Waals surface area (Å²) in [6, 6.07) is 13.5. The van der Waals surface area contributed by atoms with Gasteiger partial charge in [-0.05, 0) is 37.5 Å². The SMILES string of the molecule is COc1ccc(C(=O)NC2CCN(Cc3cccc(C)c3)CC2)c(O)c1. The number of carbonyl (C=O) groups excluding carboxylic acids is 1. The Balaban J connectivity index is 1.51. The molecule has 0 radical (unpaired) electrons. The van der Waals surface area contributed by atoms with Crippen LogP contribution in [0.25, 0.3) is 0 Å². The van der Waals surface area contributed by atoms with E-state index in [1.807, 2.05) is 0 Å². The van der Waals surface area contributed by atoms with E-state index in [1.54, 1.807) is 12.1 Å². The number of likely N-dealkylation sites (tertiary alicyclic amines) is 1. The molecule has 0 atom stereocenters. The van der Waals surface area contributed by atoms with Gasteiger partial charge >= 0.3 is 0 Å². The fourth-order valence-electron chi connectivity index (χ4n) is 3.40. The quantitative estimate of drug-likeness (QED) is 0.866. The number of methoxy groups -OCH3 is 1. The van der Waals surface area contributed by atoms with Crippen LogP contribution in [0.5, 0.6) is 11.5 Å². The zero-order valence-corrected chi connectivity index (χ0v) is 15.4. The molecular weight excluding hydrogens is 328 g/mol. The molecule has 1 fully saturated rings. The van der Waals surface area contributed by atoms with Gasteiger partial charge in [-0.15, -0.1) is 0 Å². The average molecular weight is 354 g/mol. The van der Waals surface area contributed by atoms with Crippen LogP contribution in [0.2, 0.25) is 0 Å². The van der Waals surface area contributed by atoms with Crippen LogP contribution in [0.3, 0.4) is 0 Å². The first-order valence-corrected chi connectivity index (χ1v) is 9.01. The van der Waals surface area contributed by atoms with E-state index in [9.17, 15) is 9.90 Å². The Morgan fingerprint density at radius 3 is 2.65 bits per heavy atom. The molecule has 138 valence electrons. The lowest BCUT2D eigenvalue weighted by atomic mass is 10.0. The summed E-state index contributed by atoms with van der Waals surface area (Å²) < 4.78 is 5.05. The van der Waals surface area contributed by atoms with Crippen LogP contribution in [0.4, 0.5) is 0 Å². The Hall–Kier alpha value is -2.53. The summed E-state index contributed by atoms with van der Waals surface area (Å²) in [5.41, 5.74) is 2.90. The number of hydrogen-bond acceptors (Lipinski definition) is 4. The lowest BCUT2D eigenvalue weighted by Gasteiger charge is -2.32. The molecule has 1 aliphatic heterocycles. The molecule has 2 aromatic rings. The normalized spacial score (nSPS) is 15.6. The van der Waals surface area contributed by atoms with Gasteiger partial charge in [-0.3, -0.25) is 9.69 Å². The first-order valence-electron chi connectivity index (χ1n) is 9.01. The molecule has 0 unspecified atom stereocenters. The molecular formula is C21H26N2O3. The summed E-state index contributed by atoms with van der Waals surface area (Å²) in [6.07, 6.45) is 1.82. The maximum absolute atomic E-state index is 12.4. The predicted octanol–water partition coefficient (Wildman–Crippen LogP) is 3.10. The van der Waals surface area contributed by atoms with E-state index < -0.39 is 0 Å². The van der Waals surface area contributed by atoms with Crippen molar-refractivity contribution in [2.75, 3.05) is 20.2 Å². The van der Waals surface area contributed by atoms with Gasteiger partial charge in [-0.1, -0.05) is 29.8 Å². The van der Waals surface area contributed by atoms with E-state index in [0.29, 0.717) is 5.75 Å². The van der Waals surface area contributed by atoms with Crippen LogP contribution < -0.4 is 10.1 Å². The summed E-state index contributed by atoms with van der Waals surface area (Å²) in [7, 11) is 1.53. The number of phenols is 1. The second kappa shape index (κ2) is 8.23. The second-order valence-corrected chi connectivity index (χ2v) is 6.90. The van der Waals surface area contributed by atoms with Crippen molar-refractivity contribution in [1.29, 1.82) is 0 Å². The minimum absolute atomic E-state index is 0.0567. The molecule has 5 nitrogen and oxygen atoms in total. The highest BCUT2D eigenvalue weighted by molar-refractivity contribution is 5.97. The molecule has 0 bridgehead atoms. The predicted molar refractivity (Wildman–Crippen MR) is 102 cm³/mol. The van der Waals surface area contributed by atoms with E-state index in [2.05, 4.69) is 41.4 Å². The smallest absolute Gasteiger partial charge is 0.255 e. The van der Waals surface area contributed by atoms with Crippen LogP contribution in [-0.2, 0) is 6.54 Å². The summed E-state index contributed by atoms with van der Waals surface area (Å²) in [5.74, 6) is 0.240. The van der Waals surface area contributed by atoms with Gasteiger partial charge in [-0.2, -0.15) is 0 Å². The maximum atomic E-state index is 12.4. The number of amides is 1. The molecule has 1 amide bonds. The third-order valence-corrected chi connectivity index (χ3v) is 4.86. The summed E-state index contributed by atoms with van der Waals surface area (Å²) >= 11 is 0. The third-order valence-electron chi connectivity index (χ3n) is 4.86. The first kappa shape index (κ1) is 18.3. The number of nitrogens with one attached hydrogen (secondary N) is 1. The fraction of sp³-hybridized carbons (Fsp3) is 0.381. The van der Waals surface area contributed by atoms with Crippen molar-refractivity contribution in [3.8, 4) is 11.5 Å². The summed E-state index contributed by atoms with van der Waals surface area (Å²) in [6.45, 7) is 4.96. The fourth-order valence-corrected chi connectivity index (χ4v) is 3.40. The molecule has 0 aromatic heterocycles. The number of piperidine rings is 1. The lowest BCUT2D eigenvalue weighted by molar-refractivity contribution is 0.0906. The second-order valence-electron chi connectivity index (χ2n) is 6.90. The van der Waals surface area contributed by atoms with Crippen LogP contribution in [-0.4, -0.2) is 42.2 Å². The number of benzene rings is 2. The molecule has 26 heavy (non-hydrogen) atoms. The summed E-state index contributed by atoms with van der Waals surface area (Å²) in [4.78, 5) is 14.8. The molecule has 2 aromatic carbocycles. The van der Waals surface area contributed by atoms with E-state index in [1.165, 1.54) is 24.3 Å². The van der Waals surface area contributed by atoms with Gasteiger partial charge in [0.2, 0.25) is 0 Å². The molecule has 2 N–H and O–H groups in total. The molecule has 0 aliphatic carbocycles. The van der Waals surface area contributed by atoms with E-state index >= 15 is 0 Å². The highest BCUT2D eigenvalue weighted by atomic mass is 16.5. The monoisotopic (exact) mass is 354 g/mol. The Labute approximate surface area is 154 Å². The zero-order chi connectivity index (χ0) is 18.5. The van der Waals surface area contributed by atoms with Gasteiger partial charge in [-0.25, -0.2) is 0 Å². The highest BCUT2D eigenvalue weighted by Gasteiger charge is 2.22. The molecule has 0 spiro atoms. The van der Waals surface area contributed by atoms with Crippen LogP contribution in [0.15, 0.2) is 42.5 Å². The van der Waals surface area contributed by atoms with E-state index in [0.717, 1.165) is 32.5 Å². The van der Waals surface area contributed by atoms with Gasteiger partial charge in [0, 0.05) is 31.7 Å². The molecule has 1 saturated heterocycles. The summed E-state index contributed by atoms with van der Waals surface area (Å²) in [5, 5.41) is 13.0. The number of phenolic OH excluding ortho intramolecular Hbond substituents is 1. The van der Waals surface area contributed by atoms with Gasteiger partial charge in [0.25, 0.3) is 5.91 Å². The number of ether oxygens (including phenoxy) is 1. The number of aromatic hydroxyl groups is 1. The van der Waals surface area contributed by atoms with Gasteiger partial charge in [0.15, 0.2) is 0 Å². The van der Waals surface area contributed by atoms with Crippen molar-refractivity contribution in [2.45, 2.75) is 32.4 Å². The maximum Gasteiger partial charge on any atom is 0.255 e. The standard InChI is InChI=1S/C21H26N2O3/c1-15-4-3-5-16(12-15)14-23-10-8-17(9-11-23)22-21(25)19-7-6-18(26-2)13-20(19)24/h3-7,12-13,17,24H,8-11,14H2,1-2H3,(H,22,25). The van der Waals surface area contributed by atoms with Crippen molar-refractivity contribution in [2.24, 2.45) is 0 Å². The van der Waals surface area contributed by atoms with Crippen molar-refractivity contribution in [3.05, 3.63) is 59.2 Å². The minimum atomic E-state index is -0.234.